The van der Waals surface area contributed by atoms with Gasteiger partial charge in [-0.2, -0.15) is 0 Å². The number of hydrogen-bond acceptors (Lipinski definition) is 4. The summed E-state index contributed by atoms with van der Waals surface area (Å²) in [5.41, 5.74) is 0. The van der Waals surface area contributed by atoms with Crippen molar-refractivity contribution < 1.29 is 19.1 Å². The van der Waals surface area contributed by atoms with Gasteiger partial charge in [-0.25, -0.2) is 0 Å². The lowest BCUT2D eigenvalue weighted by molar-refractivity contribution is -0.150. The van der Waals surface area contributed by atoms with Crippen molar-refractivity contribution in [2.24, 2.45) is 17.8 Å². The molecule has 0 aromatic rings. The molecule has 0 radical (unpaired) electrons. The second kappa shape index (κ2) is 13.4. The second-order valence-corrected chi connectivity index (χ2v) is 7.34. The minimum Gasteiger partial charge on any atom is -0.466 e. The van der Waals surface area contributed by atoms with Crippen LogP contribution in [0.3, 0.4) is 0 Å². The van der Waals surface area contributed by atoms with Gasteiger partial charge in [-0.1, -0.05) is 53.9 Å². The molecular weight excluding hydrogens is 292 g/mol. The number of hydrogen-bond donors (Lipinski definition) is 0. The van der Waals surface area contributed by atoms with E-state index in [-0.39, 0.29) is 24.8 Å². The van der Waals surface area contributed by atoms with Gasteiger partial charge in [-0.15, -0.1) is 0 Å². The Labute approximate surface area is 142 Å². The highest BCUT2D eigenvalue weighted by Crippen LogP contribution is 2.15. The Morgan fingerprint density at radius 3 is 1.65 bits per heavy atom. The molecule has 0 N–H and O–H groups in total. The van der Waals surface area contributed by atoms with Gasteiger partial charge in [-0.05, 0) is 30.6 Å². The largest absolute Gasteiger partial charge is 0.466 e. The van der Waals surface area contributed by atoms with E-state index in [2.05, 4.69) is 34.6 Å². The monoisotopic (exact) mass is 328 g/mol. The van der Waals surface area contributed by atoms with Gasteiger partial charge in [-0.3, -0.25) is 9.59 Å². The maximum absolute atomic E-state index is 11.6. The molecule has 1 unspecified atom stereocenters. The van der Waals surface area contributed by atoms with E-state index in [1.165, 1.54) is 19.3 Å². The van der Waals surface area contributed by atoms with Gasteiger partial charge >= 0.3 is 11.9 Å². The molecule has 0 aromatic heterocycles. The zero-order valence-corrected chi connectivity index (χ0v) is 15.7. The molecule has 0 saturated carbocycles. The Morgan fingerprint density at radius 1 is 0.696 bits per heavy atom. The van der Waals surface area contributed by atoms with E-state index in [4.69, 9.17) is 9.47 Å². The van der Waals surface area contributed by atoms with Crippen LogP contribution in [0.4, 0.5) is 0 Å². The van der Waals surface area contributed by atoms with Gasteiger partial charge in [0.1, 0.15) is 0 Å². The molecule has 136 valence electrons. The lowest BCUT2D eigenvalue weighted by Gasteiger charge is -2.12. The fraction of sp³-hybridized carbons (Fsp3) is 0.895. The summed E-state index contributed by atoms with van der Waals surface area (Å²) in [5, 5.41) is 0. The molecule has 0 heterocycles. The molecule has 0 aliphatic heterocycles. The van der Waals surface area contributed by atoms with Gasteiger partial charge in [0.25, 0.3) is 0 Å². The Hall–Kier alpha value is -1.06. The minimum absolute atomic E-state index is 0.112. The number of ether oxygens (including phenoxy) is 2. The van der Waals surface area contributed by atoms with Crippen LogP contribution in [0, 0.1) is 17.8 Å². The van der Waals surface area contributed by atoms with E-state index in [9.17, 15) is 9.59 Å². The molecule has 0 fully saturated rings. The van der Waals surface area contributed by atoms with E-state index in [0.717, 1.165) is 18.8 Å². The molecule has 1 atom stereocenters. The smallest absolute Gasteiger partial charge is 0.306 e. The van der Waals surface area contributed by atoms with Crippen molar-refractivity contribution >= 4 is 11.9 Å². The molecular formula is C19H36O4. The minimum atomic E-state index is -0.315. The van der Waals surface area contributed by atoms with Crippen LogP contribution >= 0.6 is 0 Å². The van der Waals surface area contributed by atoms with Crippen LogP contribution in [0.2, 0.25) is 0 Å². The molecule has 0 aliphatic rings. The third-order valence-electron chi connectivity index (χ3n) is 3.84. The van der Waals surface area contributed by atoms with Crippen molar-refractivity contribution in [1.29, 1.82) is 0 Å². The molecule has 0 aromatic carbocycles. The maximum atomic E-state index is 11.6. The molecule has 23 heavy (non-hydrogen) atoms. The van der Waals surface area contributed by atoms with Gasteiger partial charge in [0.15, 0.2) is 0 Å². The lowest BCUT2D eigenvalue weighted by Crippen LogP contribution is -2.13. The fourth-order valence-electron chi connectivity index (χ4n) is 2.15. The summed E-state index contributed by atoms with van der Waals surface area (Å²) < 4.78 is 10.2. The first-order valence-electron chi connectivity index (χ1n) is 9.12. The number of rotatable bonds is 13. The van der Waals surface area contributed by atoms with Gasteiger partial charge in [0, 0.05) is 0 Å². The first-order chi connectivity index (χ1) is 10.8. The van der Waals surface area contributed by atoms with Crippen molar-refractivity contribution in [3.05, 3.63) is 0 Å². The first kappa shape index (κ1) is 21.9. The number of esters is 2. The van der Waals surface area contributed by atoms with Crippen LogP contribution in [0.5, 0.6) is 0 Å². The average Bonchev–Trinajstić information content (AvgIpc) is 2.44. The number of carbonyl (C=O) groups excluding carboxylic acids is 2. The molecule has 0 bridgehead atoms. The first-order valence-corrected chi connectivity index (χ1v) is 9.12. The van der Waals surface area contributed by atoms with Crippen molar-refractivity contribution in [1.82, 2.24) is 0 Å². The Bertz CT molecular complexity index is 323. The van der Waals surface area contributed by atoms with E-state index >= 15 is 0 Å². The zero-order chi connectivity index (χ0) is 17.7. The molecule has 4 nitrogen and oxygen atoms in total. The SMILES string of the molecule is CC(C)CCCC(C)CCOC(=O)CCC(=O)OCCC(C)C. The van der Waals surface area contributed by atoms with Gasteiger partial charge in [0.05, 0.1) is 26.1 Å². The Kier molecular flexibility index (Phi) is 12.8. The summed E-state index contributed by atoms with van der Waals surface area (Å²) in [6, 6.07) is 0. The van der Waals surface area contributed by atoms with Crippen LogP contribution in [0.25, 0.3) is 0 Å². The van der Waals surface area contributed by atoms with Crippen LogP contribution in [0.1, 0.15) is 79.6 Å². The van der Waals surface area contributed by atoms with Gasteiger partial charge < -0.3 is 9.47 Å². The van der Waals surface area contributed by atoms with Crippen LogP contribution in [-0.2, 0) is 19.1 Å². The maximum Gasteiger partial charge on any atom is 0.306 e. The summed E-state index contributed by atoms with van der Waals surface area (Å²) in [6.07, 6.45) is 5.63. The van der Waals surface area contributed by atoms with Crippen molar-refractivity contribution in [2.45, 2.75) is 79.6 Å². The van der Waals surface area contributed by atoms with Crippen molar-refractivity contribution in [3.63, 3.8) is 0 Å². The van der Waals surface area contributed by atoms with Crippen LogP contribution < -0.4 is 0 Å². The molecule has 0 saturated heterocycles. The van der Waals surface area contributed by atoms with Crippen LogP contribution in [0.15, 0.2) is 0 Å². The highest BCUT2D eigenvalue weighted by atomic mass is 16.5. The molecule has 0 rings (SSSR count). The lowest BCUT2D eigenvalue weighted by atomic mass is 9.98. The summed E-state index contributed by atoms with van der Waals surface area (Å²) in [6.45, 7) is 11.7. The topological polar surface area (TPSA) is 52.6 Å². The standard InChI is InChI=1S/C19H36O4/c1-15(2)7-6-8-17(5)12-14-23-19(21)10-9-18(20)22-13-11-16(3)4/h15-17H,6-14H2,1-5H3. The van der Waals surface area contributed by atoms with Crippen molar-refractivity contribution in [3.8, 4) is 0 Å². The number of carbonyl (C=O) groups is 2. The highest BCUT2D eigenvalue weighted by molar-refractivity contribution is 5.77. The van der Waals surface area contributed by atoms with E-state index in [0.29, 0.717) is 25.0 Å². The summed E-state index contributed by atoms with van der Waals surface area (Å²) >= 11 is 0. The van der Waals surface area contributed by atoms with Crippen LogP contribution in [-0.4, -0.2) is 25.2 Å². The Morgan fingerprint density at radius 2 is 1.17 bits per heavy atom. The summed E-state index contributed by atoms with van der Waals surface area (Å²) in [7, 11) is 0. The second-order valence-electron chi connectivity index (χ2n) is 7.34. The van der Waals surface area contributed by atoms with Crippen molar-refractivity contribution in [2.75, 3.05) is 13.2 Å². The normalized spacial score (nSPS) is 12.5. The van der Waals surface area contributed by atoms with E-state index < -0.39 is 0 Å². The summed E-state index contributed by atoms with van der Waals surface area (Å²) in [5.74, 6) is 1.21. The predicted molar refractivity (Wildman–Crippen MR) is 93.1 cm³/mol. The molecule has 0 amide bonds. The molecule has 0 aliphatic carbocycles. The average molecular weight is 328 g/mol. The third kappa shape index (κ3) is 15.6. The molecule has 4 heteroatoms. The van der Waals surface area contributed by atoms with Gasteiger partial charge in [0.2, 0.25) is 0 Å². The Balaban J connectivity index is 3.57. The summed E-state index contributed by atoms with van der Waals surface area (Å²) in [4.78, 5) is 23.0. The molecule has 0 spiro atoms. The quantitative estimate of drug-likeness (QED) is 0.458. The zero-order valence-electron chi connectivity index (χ0n) is 15.7. The highest BCUT2D eigenvalue weighted by Gasteiger charge is 2.10. The van der Waals surface area contributed by atoms with E-state index in [1.54, 1.807) is 0 Å². The van der Waals surface area contributed by atoms with E-state index in [1.807, 2.05) is 0 Å². The third-order valence-corrected chi connectivity index (χ3v) is 3.84. The predicted octanol–water partition coefficient (Wildman–Crippen LogP) is 4.75. The fourth-order valence-corrected chi connectivity index (χ4v) is 2.15.